The lowest BCUT2D eigenvalue weighted by Gasteiger charge is -2.39. The van der Waals surface area contributed by atoms with Gasteiger partial charge < -0.3 is 14.7 Å². The fourth-order valence-corrected chi connectivity index (χ4v) is 4.63. The van der Waals surface area contributed by atoms with Crippen LogP contribution in [0.15, 0.2) is 48.9 Å². The molecule has 0 atom stereocenters. The number of rotatable bonds is 3. The maximum absolute atomic E-state index is 13.1. The van der Waals surface area contributed by atoms with Crippen LogP contribution in [0.4, 0.5) is 11.4 Å². The zero-order chi connectivity index (χ0) is 21.2. The summed E-state index contributed by atoms with van der Waals surface area (Å²) in [6.07, 6.45) is 6.94. The highest BCUT2D eigenvalue weighted by Gasteiger charge is 2.30. The minimum absolute atomic E-state index is 0.103. The molecule has 2 aliphatic heterocycles. The molecule has 2 aromatic heterocycles. The van der Waals surface area contributed by atoms with Crippen LogP contribution in [0.5, 0.6) is 0 Å². The summed E-state index contributed by atoms with van der Waals surface area (Å²) >= 11 is 5.99. The first-order valence-corrected chi connectivity index (χ1v) is 11.2. The fraction of sp³-hybridized carbons (Fsp3) is 0.391. The Kier molecular flexibility index (Phi) is 5.59. The third-order valence-electron chi connectivity index (χ3n) is 6.30. The van der Waals surface area contributed by atoms with Gasteiger partial charge in [-0.3, -0.25) is 9.78 Å². The molecule has 160 valence electrons. The fourth-order valence-electron chi connectivity index (χ4n) is 4.50. The highest BCUT2D eigenvalue weighted by atomic mass is 35.5. The average molecular weight is 437 g/mol. The van der Waals surface area contributed by atoms with Crippen LogP contribution in [0.3, 0.4) is 0 Å². The SMILES string of the molecule is O=C(C1CCN(c2cnc3nccnc3c2)CC1)N1CCN(c2ccc(Cl)cc2)CC1. The Morgan fingerprint density at radius 1 is 0.839 bits per heavy atom. The second-order valence-electron chi connectivity index (χ2n) is 8.14. The van der Waals surface area contributed by atoms with Gasteiger partial charge in [0.05, 0.1) is 11.9 Å². The maximum Gasteiger partial charge on any atom is 0.225 e. The monoisotopic (exact) mass is 436 g/mol. The van der Waals surface area contributed by atoms with E-state index in [9.17, 15) is 4.79 Å². The number of carbonyl (C=O) groups excluding carboxylic acids is 1. The zero-order valence-corrected chi connectivity index (χ0v) is 18.1. The minimum atomic E-state index is 0.103. The molecule has 2 saturated heterocycles. The highest BCUT2D eigenvalue weighted by Crippen LogP contribution is 2.26. The molecule has 0 spiro atoms. The lowest BCUT2D eigenvalue weighted by Crippen LogP contribution is -2.51. The Morgan fingerprint density at radius 3 is 2.26 bits per heavy atom. The van der Waals surface area contributed by atoms with Gasteiger partial charge in [0.25, 0.3) is 0 Å². The summed E-state index contributed by atoms with van der Waals surface area (Å²) in [7, 11) is 0. The van der Waals surface area contributed by atoms with Crippen LogP contribution in [0.2, 0.25) is 5.02 Å². The van der Waals surface area contributed by atoms with Gasteiger partial charge in [-0.15, -0.1) is 0 Å². The summed E-state index contributed by atoms with van der Waals surface area (Å²) in [5, 5.41) is 0.747. The lowest BCUT2D eigenvalue weighted by molar-refractivity contribution is -0.136. The van der Waals surface area contributed by atoms with Crippen LogP contribution < -0.4 is 9.80 Å². The molecule has 1 aromatic carbocycles. The van der Waals surface area contributed by atoms with Crippen molar-refractivity contribution in [3.8, 4) is 0 Å². The molecule has 2 aliphatic rings. The third kappa shape index (κ3) is 4.28. The Balaban J connectivity index is 1.15. The van der Waals surface area contributed by atoms with E-state index < -0.39 is 0 Å². The lowest BCUT2D eigenvalue weighted by atomic mass is 9.94. The smallest absolute Gasteiger partial charge is 0.225 e. The molecule has 0 saturated carbocycles. The summed E-state index contributed by atoms with van der Waals surface area (Å²) in [6, 6.07) is 9.96. The number of halogens is 1. The van der Waals surface area contributed by atoms with Gasteiger partial charge in [0, 0.05) is 68.3 Å². The molecule has 4 heterocycles. The summed E-state index contributed by atoms with van der Waals surface area (Å²) in [5.74, 6) is 0.407. The number of nitrogens with zero attached hydrogens (tertiary/aromatic N) is 6. The van der Waals surface area contributed by atoms with Crippen molar-refractivity contribution >= 4 is 40.0 Å². The van der Waals surface area contributed by atoms with Gasteiger partial charge in [-0.1, -0.05) is 11.6 Å². The van der Waals surface area contributed by atoms with E-state index in [-0.39, 0.29) is 5.92 Å². The first kappa shape index (κ1) is 20.0. The highest BCUT2D eigenvalue weighted by molar-refractivity contribution is 6.30. The van der Waals surface area contributed by atoms with E-state index >= 15 is 0 Å². The average Bonchev–Trinajstić information content (AvgIpc) is 2.84. The minimum Gasteiger partial charge on any atom is -0.370 e. The molecule has 0 aliphatic carbocycles. The molecule has 31 heavy (non-hydrogen) atoms. The molecule has 5 rings (SSSR count). The number of hydrogen-bond donors (Lipinski definition) is 0. The van der Waals surface area contributed by atoms with Crippen LogP contribution in [0, 0.1) is 5.92 Å². The summed E-state index contributed by atoms with van der Waals surface area (Å²) in [6.45, 7) is 4.97. The number of hydrogen-bond acceptors (Lipinski definition) is 6. The van der Waals surface area contributed by atoms with Crippen LogP contribution in [-0.2, 0) is 4.79 Å². The van der Waals surface area contributed by atoms with E-state index in [1.807, 2.05) is 41.4 Å². The number of carbonyl (C=O) groups is 1. The van der Waals surface area contributed by atoms with E-state index in [0.717, 1.165) is 68.3 Å². The first-order valence-electron chi connectivity index (χ1n) is 10.8. The molecule has 2 fully saturated rings. The largest absolute Gasteiger partial charge is 0.370 e. The maximum atomic E-state index is 13.1. The molecule has 1 amide bonds. The van der Waals surface area contributed by atoms with E-state index in [2.05, 4.69) is 24.8 Å². The second kappa shape index (κ2) is 8.67. The van der Waals surface area contributed by atoms with Crippen molar-refractivity contribution in [3.05, 3.63) is 53.9 Å². The number of piperazine rings is 1. The molecule has 0 bridgehead atoms. The topological polar surface area (TPSA) is 65.5 Å². The summed E-state index contributed by atoms with van der Waals surface area (Å²) < 4.78 is 0. The van der Waals surface area contributed by atoms with Crippen molar-refractivity contribution in [3.63, 3.8) is 0 Å². The van der Waals surface area contributed by atoms with E-state index in [1.54, 1.807) is 12.4 Å². The van der Waals surface area contributed by atoms with E-state index in [4.69, 9.17) is 11.6 Å². The standard InChI is InChI=1S/C23H25ClN6O/c24-18-1-3-19(4-2-18)29-11-13-30(14-12-29)23(31)17-5-9-28(10-6-17)20-15-21-22(27-16-20)26-8-7-25-21/h1-4,7-8,15-17H,5-6,9-14H2. The van der Waals surface area contributed by atoms with Gasteiger partial charge in [0.2, 0.25) is 5.91 Å². The first-order chi connectivity index (χ1) is 15.2. The third-order valence-corrected chi connectivity index (χ3v) is 6.55. The molecule has 0 unspecified atom stereocenters. The number of piperidine rings is 1. The van der Waals surface area contributed by atoms with Gasteiger partial charge in [-0.05, 0) is 43.2 Å². The van der Waals surface area contributed by atoms with E-state index in [0.29, 0.717) is 11.6 Å². The molecule has 8 heteroatoms. The number of benzene rings is 1. The molecule has 7 nitrogen and oxygen atoms in total. The predicted octanol–water partition coefficient (Wildman–Crippen LogP) is 3.24. The number of anilines is 2. The Hall–Kier alpha value is -2.93. The van der Waals surface area contributed by atoms with Gasteiger partial charge >= 0.3 is 0 Å². The molecule has 3 aromatic rings. The molecule has 0 radical (unpaired) electrons. The number of pyridine rings is 1. The van der Waals surface area contributed by atoms with Crippen LogP contribution in [-0.4, -0.2) is 65.0 Å². The number of aromatic nitrogens is 3. The summed E-state index contributed by atoms with van der Waals surface area (Å²) in [4.78, 5) is 32.8. The molecular formula is C23H25ClN6O. The van der Waals surface area contributed by atoms with Crippen LogP contribution in [0.1, 0.15) is 12.8 Å². The Morgan fingerprint density at radius 2 is 1.52 bits per heavy atom. The number of fused-ring (bicyclic) bond motifs is 1. The van der Waals surface area contributed by atoms with Gasteiger partial charge in [0.1, 0.15) is 5.52 Å². The van der Waals surface area contributed by atoms with Crippen molar-refractivity contribution in [1.29, 1.82) is 0 Å². The van der Waals surface area contributed by atoms with Crippen LogP contribution in [0.25, 0.3) is 11.2 Å². The normalized spacial score (nSPS) is 17.9. The van der Waals surface area contributed by atoms with Gasteiger partial charge in [-0.2, -0.15) is 0 Å². The van der Waals surface area contributed by atoms with Gasteiger partial charge in [0.15, 0.2) is 5.65 Å². The van der Waals surface area contributed by atoms with Crippen LogP contribution >= 0.6 is 11.6 Å². The summed E-state index contributed by atoms with van der Waals surface area (Å²) in [5.41, 5.74) is 3.68. The van der Waals surface area contributed by atoms with Gasteiger partial charge in [-0.25, -0.2) is 9.97 Å². The van der Waals surface area contributed by atoms with Crippen molar-refractivity contribution < 1.29 is 4.79 Å². The zero-order valence-electron chi connectivity index (χ0n) is 17.3. The molecule has 0 N–H and O–H groups in total. The second-order valence-corrected chi connectivity index (χ2v) is 8.58. The van der Waals surface area contributed by atoms with E-state index in [1.165, 1.54) is 5.69 Å². The predicted molar refractivity (Wildman–Crippen MR) is 123 cm³/mol. The Bertz CT molecular complexity index is 1060. The van der Waals surface area contributed by atoms with Crippen molar-refractivity contribution in [2.75, 3.05) is 49.1 Å². The quantitative estimate of drug-likeness (QED) is 0.628. The van der Waals surface area contributed by atoms with Crippen molar-refractivity contribution in [2.24, 2.45) is 5.92 Å². The van der Waals surface area contributed by atoms with Crippen molar-refractivity contribution in [2.45, 2.75) is 12.8 Å². The Labute approximate surface area is 186 Å². The molecular weight excluding hydrogens is 412 g/mol. The number of amides is 1. The van der Waals surface area contributed by atoms with Crippen molar-refractivity contribution in [1.82, 2.24) is 19.9 Å².